The predicted molar refractivity (Wildman–Crippen MR) is 137 cm³/mol. The Morgan fingerprint density at radius 2 is 1.82 bits per heavy atom. The van der Waals surface area contributed by atoms with Crippen molar-refractivity contribution in [1.82, 2.24) is 0 Å². The maximum Gasteiger partial charge on any atom is 0.308 e. The Labute approximate surface area is 227 Å². The molecular formula is C28H27NO11. The molecule has 1 aliphatic carbocycles. The topological polar surface area (TPSA) is 192 Å². The Balaban J connectivity index is 1.69. The summed E-state index contributed by atoms with van der Waals surface area (Å²) in [5.41, 5.74) is 0.378. The molecule has 12 heteroatoms. The van der Waals surface area contributed by atoms with E-state index in [0.29, 0.717) is 12.1 Å². The van der Waals surface area contributed by atoms with Gasteiger partial charge in [0.05, 0.1) is 18.2 Å². The zero-order valence-electron chi connectivity index (χ0n) is 21.7. The summed E-state index contributed by atoms with van der Waals surface area (Å²) in [6.07, 6.45) is -3.55. The number of ether oxygens (including phenoxy) is 3. The number of nitrogens with zero attached hydrogens (tertiary/aromatic N) is 1. The number of phenols is 1. The minimum Gasteiger partial charge on any atom is -0.507 e. The summed E-state index contributed by atoms with van der Waals surface area (Å²) in [5, 5.41) is 52.5. The lowest BCUT2D eigenvalue weighted by Gasteiger charge is -2.44. The third-order valence-electron chi connectivity index (χ3n) is 7.21. The second kappa shape index (κ2) is 9.91. The van der Waals surface area contributed by atoms with E-state index in [1.807, 2.05) is 0 Å². The Bertz CT molecular complexity index is 1510. The zero-order chi connectivity index (χ0) is 29.1. The Morgan fingerprint density at radius 1 is 1.12 bits per heavy atom. The molecule has 2 aromatic carbocycles. The summed E-state index contributed by atoms with van der Waals surface area (Å²) in [4.78, 5) is 43.2. The molecule has 4 atom stereocenters. The number of aliphatic hydroxyl groups excluding tert-OH is 2. The quantitative estimate of drug-likeness (QED) is 0.168. The number of phenolic OH excluding ortho intramolecular Hbond substituents is 1. The normalized spacial score (nSPS) is 24.8. The molecule has 40 heavy (non-hydrogen) atoms. The number of ketones is 2. The molecule has 0 aromatic heterocycles. The molecule has 2 aromatic rings. The van der Waals surface area contributed by atoms with Gasteiger partial charge in [0.15, 0.2) is 17.7 Å². The van der Waals surface area contributed by atoms with Gasteiger partial charge in [-0.2, -0.15) is 0 Å². The maximum absolute atomic E-state index is 14.0. The monoisotopic (exact) mass is 553 g/mol. The first-order valence-corrected chi connectivity index (χ1v) is 12.4. The van der Waals surface area contributed by atoms with Crippen LogP contribution in [0, 0.1) is 6.92 Å². The molecule has 0 bridgehead atoms. The summed E-state index contributed by atoms with van der Waals surface area (Å²) in [6, 6.07) is 3.97. The van der Waals surface area contributed by atoms with Crippen LogP contribution >= 0.6 is 0 Å². The highest BCUT2D eigenvalue weighted by Crippen LogP contribution is 2.45. The highest BCUT2D eigenvalue weighted by Gasteiger charge is 2.54. The highest BCUT2D eigenvalue weighted by molar-refractivity contribution is 6.30. The van der Waals surface area contributed by atoms with Crippen molar-refractivity contribution in [2.45, 2.75) is 57.6 Å². The van der Waals surface area contributed by atoms with Crippen molar-refractivity contribution in [3.05, 3.63) is 63.2 Å². The largest absolute Gasteiger partial charge is 0.507 e. The molecule has 0 unspecified atom stereocenters. The van der Waals surface area contributed by atoms with Crippen LogP contribution in [0.2, 0.25) is 0 Å². The summed E-state index contributed by atoms with van der Waals surface area (Å²) < 4.78 is 16.5. The molecule has 0 radical (unpaired) electrons. The van der Waals surface area contributed by atoms with Gasteiger partial charge in [-0.05, 0) is 37.6 Å². The van der Waals surface area contributed by atoms with Gasteiger partial charge < -0.3 is 39.7 Å². The van der Waals surface area contributed by atoms with Crippen molar-refractivity contribution in [1.29, 1.82) is 0 Å². The van der Waals surface area contributed by atoms with E-state index < -0.39 is 53.7 Å². The smallest absolute Gasteiger partial charge is 0.308 e. The highest BCUT2D eigenvalue weighted by atomic mass is 16.7. The molecule has 0 spiro atoms. The predicted octanol–water partition coefficient (Wildman–Crippen LogP) is 0.481. The van der Waals surface area contributed by atoms with Crippen LogP contribution in [0.3, 0.4) is 0 Å². The van der Waals surface area contributed by atoms with Crippen LogP contribution in [0.5, 0.6) is 17.2 Å². The van der Waals surface area contributed by atoms with Crippen molar-refractivity contribution >= 4 is 23.8 Å². The van der Waals surface area contributed by atoms with Gasteiger partial charge in [0.2, 0.25) is 12.1 Å². The number of aliphatic imine (C=N–C) groups is 1. The average molecular weight is 554 g/mol. The fraction of sp³-hybridized carbons (Fsp3) is 0.357. The van der Waals surface area contributed by atoms with Crippen molar-refractivity contribution in [2.75, 3.05) is 6.54 Å². The van der Waals surface area contributed by atoms with Crippen LogP contribution in [0.4, 0.5) is 0 Å². The second-order valence-electron chi connectivity index (χ2n) is 9.94. The van der Waals surface area contributed by atoms with Crippen molar-refractivity contribution < 1.29 is 54.1 Å². The third-order valence-corrected chi connectivity index (χ3v) is 7.21. The van der Waals surface area contributed by atoms with Gasteiger partial charge >= 0.3 is 5.97 Å². The third kappa shape index (κ3) is 4.39. The first-order chi connectivity index (χ1) is 18.8. The van der Waals surface area contributed by atoms with Gasteiger partial charge in [-0.1, -0.05) is 6.08 Å². The van der Waals surface area contributed by atoms with Gasteiger partial charge in [-0.15, -0.1) is 0 Å². The maximum atomic E-state index is 14.0. The van der Waals surface area contributed by atoms with Crippen molar-refractivity contribution in [3.63, 3.8) is 0 Å². The first-order valence-electron chi connectivity index (χ1n) is 12.4. The number of carbonyl (C=O) groups excluding carboxylic acids is 3. The van der Waals surface area contributed by atoms with Gasteiger partial charge in [0, 0.05) is 47.4 Å². The lowest BCUT2D eigenvalue weighted by atomic mass is 9.78. The molecule has 210 valence electrons. The number of benzene rings is 2. The lowest BCUT2D eigenvalue weighted by molar-refractivity contribution is -0.371. The first kappa shape index (κ1) is 27.6. The molecule has 1 fully saturated rings. The Kier molecular flexibility index (Phi) is 6.84. The van der Waals surface area contributed by atoms with E-state index in [9.17, 15) is 39.9 Å². The molecule has 0 amide bonds. The number of aromatic hydroxyl groups is 1. The Hall–Kier alpha value is -3.94. The average Bonchev–Trinajstić information content (AvgIpc) is 3.41. The molecule has 2 aliphatic heterocycles. The van der Waals surface area contributed by atoms with E-state index in [0.717, 1.165) is 0 Å². The van der Waals surface area contributed by atoms with Crippen molar-refractivity contribution in [3.8, 4) is 17.2 Å². The van der Waals surface area contributed by atoms with Crippen LogP contribution < -0.4 is 9.47 Å². The molecule has 0 saturated carbocycles. The summed E-state index contributed by atoms with van der Waals surface area (Å²) in [5.74, 6) is -5.56. The number of allylic oxidation sites excluding steroid dienone is 1. The van der Waals surface area contributed by atoms with E-state index in [2.05, 4.69) is 4.99 Å². The summed E-state index contributed by atoms with van der Waals surface area (Å²) >= 11 is 0. The Morgan fingerprint density at radius 3 is 2.48 bits per heavy atom. The van der Waals surface area contributed by atoms with Crippen LogP contribution in [-0.2, 0) is 16.0 Å². The summed E-state index contributed by atoms with van der Waals surface area (Å²) in [6.45, 7) is 4.35. The number of hydrogen-bond donors (Lipinski definition) is 5. The second-order valence-corrected chi connectivity index (χ2v) is 9.94. The fourth-order valence-corrected chi connectivity index (χ4v) is 5.12. The lowest BCUT2D eigenvalue weighted by Crippen LogP contribution is -2.67. The van der Waals surface area contributed by atoms with Crippen LogP contribution in [0.15, 0.2) is 34.8 Å². The fourth-order valence-electron chi connectivity index (χ4n) is 5.12. The number of fused-ring (bicyclic) bond motifs is 2. The van der Waals surface area contributed by atoms with E-state index in [1.54, 1.807) is 12.3 Å². The van der Waals surface area contributed by atoms with Crippen molar-refractivity contribution in [2.24, 2.45) is 4.99 Å². The SMILES string of the molecule is CC(=O)Oc1ccc2c(c1)C(=O)c1c(CC3=CCN=C3)c(O[C@H]3O[C@@H](C)[C@@H](O)C(O)(O)[C@H]3O)c(C)c(O)c1C2=O. The van der Waals surface area contributed by atoms with Crippen LogP contribution in [0.25, 0.3) is 0 Å². The van der Waals surface area contributed by atoms with E-state index in [4.69, 9.17) is 14.2 Å². The molecule has 5 rings (SSSR count). The van der Waals surface area contributed by atoms with E-state index in [1.165, 1.54) is 39.0 Å². The molecule has 5 N–H and O–H groups in total. The van der Waals surface area contributed by atoms with Gasteiger partial charge in [0.25, 0.3) is 0 Å². The minimum absolute atomic E-state index is 0.00329. The van der Waals surface area contributed by atoms with Crippen LogP contribution in [0.1, 0.15) is 56.8 Å². The molecule has 2 heterocycles. The number of carbonyl (C=O) groups is 3. The van der Waals surface area contributed by atoms with Gasteiger partial charge in [0.1, 0.15) is 23.4 Å². The number of hydrogen-bond acceptors (Lipinski definition) is 12. The van der Waals surface area contributed by atoms with Gasteiger partial charge in [-0.25, -0.2) is 0 Å². The minimum atomic E-state index is -2.99. The molecular weight excluding hydrogens is 526 g/mol. The number of rotatable bonds is 5. The van der Waals surface area contributed by atoms with E-state index >= 15 is 0 Å². The standard InChI is InChI=1S/C28H27NO11/c1-11-21(31)20-19(23(33)17-9-15(39-13(3)30)4-5-16(17)22(20)32)18(8-14-6-7-29-10-14)24(11)40-27-26(35)28(36,37)25(34)12(2)38-27/h4-6,9-10,12,25-27,31,34-37H,7-8H2,1-3H3/t12-,25+,26-,27+/m0/s1. The summed E-state index contributed by atoms with van der Waals surface area (Å²) in [7, 11) is 0. The van der Waals surface area contributed by atoms with Crippen LogP contribution in [-0.4, -0.2) is 86.2 Å². The van der Waals surface area contributed by atoms with Gasteiger partial charge in [-0.3, -0.25) is 19.4 Å². The molecule has 3 aliphatic rings. The zero-order valence-corrected chi connectivity index (χ0v) is 21.7. The van der Waals surface area contributed by atoms with E-state index in [-0.39, 0.29) is 51.3 Å². The molecule has 12 nitrogen and oxygen atoms in total. The number of esters is 1. The molecule has 1 saturated heterocycles. The number of aliphatic hydroxyl groups is 4.